The first kappa shape index (κ1) is 8.59. The molecule has 0 N–H and O–H groups in total. The molecule has 0 heterocycles. The Bertz CT molecular complexity index is 142. The van der Waals surface area contributed by atoms with E-state index in [2.05, 4.69) is 6.92 Å². The zero-order chi connectivity index (χ0) is 8.44. The van der Waals surface area contributed by atoms with Crippen molar-refractivity contribution in [1.82, 2.24) is 0 Å². The first-order valence-corrected chi connectivity index (χ1v) is 5.85. The highest BCUT2D eigenvalue weighted by molar-refractivity contribution is 4.92. The van der Waals surface area contributed by atoms with Crippen LogP contribution in [0.1, 0.15) is 64.7 Å². The summed E-state index contributed by atoms with van der Waals surface area (Å²) in [5, 5.41) is 0. The van der Waals surface area contributed by atoms with Crippen molar-refractivity contribution < 1.29 is 0 Å². The third-order valence-corrected chi connectivity index (χ3v) is 4.17. The highest BCUT2D eigenvalue weighted by atomic mass is 14.4. The quantitative estimate of drug-likeness (QED) is 0.578. The molecule has 2 aliphatic carbocycles. The molecule has 0 radical (unpaired) electrons. The fourth-order valence-electron chi connectivity index (χ4n) is 3.56. The molecule has 1 atom stereocenters. The maximum absolute atomic E-state index is 2.33. The van der Waals surface area contributed by atoms with E-state index < -0.39 is 0 Å². The minimum atomic E-state index is 0.861. The summed E-state index contributed by atoms with van der Waals surface area (Å²) in [6.45, 7) is 2.33. The summed E-state index contributed by atoms with van der Waals surface area (Å²) in [4.78, 5) is 0. The first-order valence-electron chi connectivity index (χ1n) is 5.85. The van der Waals surface area contributed by atoms with Crippen molar-refractivity contribution in [1.29, 1.82) is 0 Å². The van der Waals surface area contributed by atoms with Gasteiger partial charge in [0.2, 0.25) is 0 Å². The van der Waals surface area contributed by atoms with E-state index in [9.17, 15) is 0 Å². The summed E-state index contributed by atoms with van der Waals surface area (Å²) in [5.41, 5.74) is 0.861. The first-order chi connectivity index (χ1) is 5.85. The van der Waals surface area contributed by atoms with E-state index in [1.165, 1.54) is 25.7 Å². The standard InChI is InChI=1S/C12H22/c1-2-5-11-6-9-12(10-11)7-3-4-8-12/h11H,2-10H2,1H3. The number of rotatable bonds is 2. The molecular formula is C12H22. The minimum absolute atomic E-state index is 0.861. The van der Waals surface area contributed by atoms with Crippen LogP contribution in [0.3, 0.4) is 0 Å². The van der Waals surface area contributed by atoms with E-state index >= 15 is 0 Å². The van der Waals surface area contributed by atoms with Crippen molar-refractivity contribution in [2.45, 2.75) is 64.7 Å². The predicted molar refractivity (Wildman–Crippen MR) is 53.2 cm³/mol. The normalized spacial score (nSPS) is 33.2. The van der Waals surface area contributed by atoms with Crippen LogP contribution in [-0.4, -0.2) is 0 Å². The van der Waals surface area contributed by atoms with Gasteiger partial charge in [-0.05, 0) is 43.4 Å². The molecule has 0 aromatic heterocycles. The maximum atomic E-state index is 2.33. The molecular weight excluding hydrogens is 144 g/mol. The largest absolute Gasteiger partial charge is 0.0654 e. The second-order valence-corrected chi connectivity index (χ2v) is 5.10. The lowest BCUT2D eigenvalue weighted by atomic mass is 9.83. The highest BCUT2D eigenvalue weighted by Gasteiger charge is 2.40. The molecule has 12 heavy (non-hydrogen) atoms. The van der Waals surface area contributed by atoms with Crippen molar-refractivity contribution in [3.8, 4) is 0 Å². The lowest BCUT2D eigenvalue weighted by Crippen LogP contribution is -2.10. The van der Waals surface area contributed by atoms with Crippen molar-refractivity contribution >= 4 is 0 Å². The van der Waals surface area contributed by atoms with E-state index in [0.717, 1.165) is 11.3 Å². The van der Waals surface area contributed by atoms with Crippen LogP contribution in [0.4, 0.5) is 0 Å². The van der Waals surface area contributed by atoms with E-state index in [1.807, 2.05) is 0 Å². The van der Waals surface area contributed by atoms with Gasteiger partial charge in [0.25, 0.3) is 0 Å². The molecule has 0 amide bonds. The molecule has 1 unspecified atom stereocenters. The van der Waals surface area contributed by atoms with Crippen LogP contribution in [0.5, 0.6) is 0 Å². The lowest BCUT2D eigenvalue weighted by Gasteiger charge is -2.22. The van der Waals surface area contributed by atoms with Gasteiger partial charge in [-0.15, -0.1) is 0 Å². The lowest BCUT2D eigenvalue weighted by molar-refractivity contribution is 0.290. The van der Waals surface area contributed by atoms with E-state index in [0.29, 0.717) is 0 Å². The van der Waals surface area contributed by atoms with Gasteiger partial charge in [-0.1, -0.05) is 32.6 Å². The monoisotopic (exact) mass is 166 g/mol. The summed E-state index contributed by atoms with van der Waals surface area (Å²) in [6.07, 6.45) is 13.8. The molecule has 70 valence electrons. The molecule has 0 saturated heterocycles. The molecule has 0 bridgehead atoms. The van der Waals surface area contributed by atoms with Gasteiger partial charge in [0.1, 0.15) is 0 Å². The van der Waals surface area contributed by atoms with Crippen LogP contribution in [0.25, 0.3) is 0 Å². The van der Waals surface area contributed by atoms with Crippen LogP contribution in [-0.2, 0) is 0 Å². The smallest absolute Gasteiger partial charge is 0.0295 e. The SMILES string of the molecule is CCCC1CCC2(CCCC2)C1. The zero-order valence-electron chi connectivity index (χ0n) is 8.44. The van der Waals surface area contributed by atoms with Crippen molar-refractivity contribution in [3.05, 3.63) is 0 Å². The molecule has 1 spiro atoms. The van der Waals surface area contributed by atoms with Crippen LogP contribution in [0.2, 0.25) is 0 Å². The maximum Gasteiger partial charge on any atom is -0.0295 e. The van der Waals surface area contributed by atoms with Crippen molar-refractivity contribution in [2.75, 3.05) is 0 Å². The van der Waals surface area contributed by atoms with E-state index in [4.69, 9.17) is 0 Å². The van der Waals surface area contributed by atoms with Crippen LogP contribution < -0.4 is 0 Å². The van der Waals surface area contributed by atoms with Gasteiger partial charge in [-0.2, -0.15) is 0 Å². The predicted octanol–water partition coefficient (Wildman–Crippen LogP) is 4.15. The Hall–Kier alpha value is 0. The Morgan fingerprint density at radius 2 is 1.92 bits per heavy atom. The zero-order valence-corrected chi connectivity index (χ0v) is 8.44. The topological polar surface area (TPSA) is 0 Å². The average Bonchev–Trinajstić information content (AvgIpc) is 2.65. The highest BCUT2D eigenvalue weighted by Crippen LogP contribution is 2.53. The van der Waals surface area contributed by atoms with Crippen LogP contribution >= 0.6 is 0 Å². The Morgan fingerprint density at radius 3 is 2.58 bits per heavy atom. The van der Waals surface area contributed by atoms with Gasteiger partial charge >= 0.3 is 0 Å². The van der Waals surface area contributed by atoms with Gasteiger partial charge in [-0.25, -0.2) is 0 Å². The van der Waals surface area contributed by atoms with E-state index in [-0.39, 0.29) is 0 Å². The molecule has 0 nitrogen and oxygen atoms in total. The molecule has 2 saturated carbocycles. The minimum Gasteiger partial charge on any atom is -0.0654 e. The third-order valence-electron chi connectivity index (χ3n) is 4.17. The second kappa shape index (κ2) is 3.40. The van der Waals surface area contributed by atoms with Gasteiger partial charge in [0, 0.05) is 0 Å². The Morgan fingerprint density at radius 1 is 1.17 bits per heavy atom. The summed E-state index contributed by atoms with van der Waals surface area (Å²) in [6, 6.07) is 0. The van der Waals surface area contributed by atoms with Gasteiger partial charge in [0.05, 0.1) is 0 Å². The Kier molecular flexibility index (Phi) is 2.43. The molecule has 0 heteroatoms. The number of hydrogen-bond acceptors (Lipinski definition) is 0. The average molecular weight is 166 g/mol. The summed E-state index contributed by atoms with van der Waals surface area (Å²) in [5.74, 6) is 1.10. The van der Waals surface area contributed by atoms with Gasteiger partial charge < -0.3 is 0 Å². The fraction of sp³-hybridized carbons (Fsp3) is 1.00. The molecule has 0 aromatic rings. The van der Waals surface area contributed by atoms with Crippen molar-refractivity contribution in [2.24, 2.45) is 11.3 Å². The summed E-state index contributed by atoms with van der Waals surface area (Å²) >= 11 is 0. The van der Waals surface area contributed by atoms with Crippen molar-refractivity contribution in [3.63, 3.8) is 0 Å². The second-order valence-electron chi connectivity index (χ2n) is 5.10. The fourth-order valence-corrected chi connectivity index (χ4v) is 3.56. The molecule has 0 aromatic carbocycles. The number of hydrogen-bond donors (Lipinski definition) is 0. The molecule has 2 rings (SSSR count). The van der Waals surface area contributed by atoms with Crippen LogP contribution in [0.15, 0.2) is 0 Å². The van der Waals surface area contributed by atoms with Gasteiger partial charge in [-0.3, -0.25) is 0 Å². The molecule has 2 aliphatic rings. The van der Waals surface area contributed by atoms with Crippen LogP contribution in [0, 0.1) is 11.3 Å². The Labute approximate surface area is 76.7 Å². The summed E-state index contributed by atoms with van der Waals surface area (Å²) < 4.78 is 0. The Balaban J connectivity index is 1.88. The third kappa shape index (κ3) is 1.53. The molecule has 0 aliphatic heterocycles. The summed E-state index contributed by atoms with van der Waals surface area (Å²) in [7, 11) is 0. The van der Waals surface area contributed by atoms with E-state index in [1.54, 1.807) is 32.1 Å². The van der Waals surface area contributed by atoms with Gasteiger partial charge in [0.15, 0.2) is 0 Å². The molecule has 2 fully saturated rings.